The van der Waals surface area contributed by atoms with Gasteiger partial charge in [-0.3, -0.25) is 4.79 Å². The van der Waals surface area contributed by atoms with Crippen molar-refractivity contribution in [2.75, 3.05) is 7.11 Å². The van der Waals surface area contributed by atoms with Crippen LogP contribution < -0.4 is 4.74 Å². The van der Waals surface area contributed by atoms with Crippen molar-refractivity contribution in [3.8, 4) is 5.75 Å². The number of benzene rings is 1. The summed E-state index contributed by atoms with van der Waals surface area (Å²) in [5.74, 6) is -0.460. The van der Waals surface area contributed by atoms with Crippen LogP contribution in [-0.4, -0.2) is 18.2 Å². The lowest BCUT2D eigenvalue weighted by Gasteiger charge is -2.40. The molecule has 0 bridgehead atoms. The topological polar surface area (TPSA) is 46.5 Å². The Morgan fingerprint density at radius 2 is 2.00 bits per heavy atom. The SMILES string of the molecule is COc1c(C(C)(C)F)ccc(C)c1C1(C(=O)O)CCC1. The molecule has 0 amide bonds. The van der Waals surface area contributed by atoms with E-state index < -0.39 is 17.1 Å². The predicted octanol–water partition coefficient (Wildman–Crippen LogP) is 3.71. The Morgan fingerprint density at radius 3 is 2.35 bits per heavy atom. The number of hydrogen-bond acceptors (Lipinski definition) is 2. The number of rotatable bonds is 4. The van der Waals surface area contributed by atoms with Crippen LogP contribution in [0.15, 0.2) is 12.1 Å². The quantitative estimate of drug-likeness (QED) is 0.914. The molecule has 0 heterocycles. The van der Waals surface area contributed by atoms with E-state index in [0.29, 0.717) is 29.7 Å². The maximum absolute atomic E-state index is 14.4. The number of methoxy groups -OCH3 is 1. The third-order valence-corrected chi connectivity index (χ3v) is 4.31. The summed E-state index contributed by atoms with van der Waals surface area (Å²) in [6, 6.07) is 3.48. The van der Waals surface area contributed by atoms with Crippen LogP contribution in [0.5, 0.6) is 5.75 Å². The van der Waals surface area contributed by atoms with Crippen molar-refractivity contribution < 1.29 is 19.0 Å². The molecule has 1 N–H and O–H groups in total. The molecule has 0 radical (unpaired) electrons. The maximum Gasteiger partial charge on any atom is 0.314 e. The number of ether oxygens (including phenoxy) is 1. The summed E-state index contributed by atoms with van der Waals surface area (Å²) >= 11 is 0. The Morgan fingerprint density at radius 1 is 1.40 bits per heavy atom. The smallest absolute Gasteiger partial charge is 0.314 e. The summed E-state index contributed by atoms with van der Waals surface area (Å²) < 4.78 is 19.8. The number of hydrogen-bond donors (Lipinski definition) is 1. The lowest BCUT2D eigenvalue weighted by molar-refractivity contribution is -0.147. The van der Waals surface area contributed by atoms with Gasteiger partial charge >= 0.3 is 5.97 Å². The standard InChI is InChI=1S/C16H21FO3/c1-10-6-7-11(15(2,3)17)13(20-4)12(10)16(14(18)19)8-5-9-16/h6-7H,5,8-9H2,1-4H3,(H,18,19). The minimum Gasteiger partial charge on any atom is -0.496 e. The monoisotopic (exact) mass is 280 g/mol. The van der Waals surface area contributed by atoms with Crippen molar-refractivity contribution in [3.63, 3.8) is 0 Å². The molecule has 1 aromatic rings. The number of carboxylic acids is 1. The van der Waals surface area contributed by atoms with Gasteiger partial charge in [0.25, 0.3) is 0 Å². The minimum atomic E-state index is -1.57. The van der Waals surface area contributed by atoms with Gasteiger partial charge in [0.2, 0.25) is 0 Å². The summed E-state index contributed by atoms with van der Waals surface area (Å²) in [4.78, 5) is 11.7. The molecule has 20 heavy (non-hydrogen) atoms. The number of halogens is 1. The van der Waals surface area contributed by atoms with Crippen LogP contribution in [0.3, 0.4) is 0 Å². The van der Waals surface area contributed by atoms with Gasteiger partial charge in [0.1, 0.15) is 11.4 Å². The summed E-state index contributed by atoms with van der Waals surface area (Å²) in [6.45, 7) is 4.77. The second-order valence-electron chi connectivity index (χ2n) is 6.05. The molecule has 1 aromatic carbocycles. The van der Waals surface area contributed by atoms with Gasteiger partial charge < -0.3 is 9.84 Å². The van der Waals surface area contributed by atoms with E-state index in [1.807, 2.05) is 6.92 Å². The molecule has 1 aliphatic carbocycles. The molecule has 4 heteroatoms. The van der Waals surface area contributed by atoms with E-state index >= 15 is 0 Å². The molecule has 110 valence electrons. The summed E-state index contributed by atoms with van der Waals surface area (Å²) in [6.07, 6.45) is 2.03. The first-order chi connectivity index (χ1) is 9.24. The molecule has 1 aliphatic rings. The van der Waals surface area contributed by atoms with E-state index in [1.165, 1.54) is 21.0 Å². The first-order valence-corrected chi connectivity index (χ1v) is 6.85. The zero-order chi connectivity index (χ0) is 15.1. The number of aliphatic carboxylic acids is 1. The fourth-order valence-electron chi connectivity index (χ4n) is 3.06. The zero-order valence-electron chi connectivity index (χ0n) is 12.4. The van der Waals surface area contributed by atoms with Crippen molar-refractivity contribution >= 4 is 5.97 Å². The van der Waals surface area contributed by atoms with Gasteiger partial charge in [0, 0.05) is 11.1 Å². The number of carboxylic acid groups (broad SMARTS) is 1. The lowest BCUT2D eigenvalue weighted by atomic mass is 9.62. The van der Waals surface area contributed by atoms with Crippen molar-refractivity contribution in [2.24, 2.45) is 0 Å². The Kier molecular flexibility index (Phi) is 3.53. The molecule has 0 saturated heterocycles. The molecule has 0 unspecified atom stereocenters. The molecule has 1 saturated carbocycles. The minimum absolute atomic E-state index is 0.389. The normalized spacial score (nSPS) is 17.4. The maximum atomic E-state index is 14.4. The molecular formula is C16H21FO3. The predicted molar refractivity (Wildman–Crippen MR) is 75.0 cm³/mol. The molecule has 0 aliphatic heterocycles. The Labute approximate surface area is 118 Å². The van der Waals surface area contributed by atoms with E-state index in [1.54, 1.807) is 12.1 Å². The molecule has 0 spiro atoms. The molecule has 1 fully saturated rings. The number of aryl methyl sites for hydroxylation is 1. The van der Waals surface area contributed by atoms with E-state index in [0.717, 1.165) is 12.0 Å². The van der Waals surface area contributed by atoms with Crippen LogP contribution >= 0.6 is 0 Å². The van der Waals surface area contributed by atoms with Gasteiger partial charge in [0.05, 0.1) is 12.5 Å². The van der Waals surface area contributed by atoms with Crippen molar-refractivity contribution in [3.05, 3.63) is 28.8 Å². The van der Waals surface area contributed by atoms with Crippen LogP contribution in [0.25, 0.3) is 0 Å². The number of alkyl halides is 1. The average molecular weight is 280 g/mol. The largest absolute Gasteiger partial charge is 0.496 e. The number of carbonyl (C=O) groups is 1. The van der Waals surface area contributed by atoms with E-state index in [2.05, 4.69) is 0 Å². The first kappa shape index (κ1) is 14.8. The Bertz CT molecular complexity index is 539. The third-order valence-electron chi connectivity index (χ3n) is 4.31. The first-order valence-electron chi connectivity index (χ1n) is 6.85. The highest BCUT2D eigenvalue weighted by atomic mass is 19.1. The molecule has 3 nitrogen and oxygen atoms in total. The molecule has 0 atom stereocenters. The summed E-state index contributed by atoms with van der Waals surface area (Å²) in [7, 11) is 1.47. The Hall–Kier alpha value is -1.58. The van der Waals surface area contributed by atoms with Gasteiger partial charge in [-0.1, -0.05) is 18.6 Å². The van der Waals surface area contributed by atoms with Gasteiger partial charge in [-0.25, -0.2) is 4.39 Å². The Balaban J connectivity index is 2.72. The molecular weight excluding hydrogens is 259 g/mol. The van der Waals surface area contributed by atoms with Crippen LogP contribution in [0.4, 0.5) is 4.39 Å². The van der Waals surface area contributed by atoms with Gasteiger partial charge in [-0.05, 0) is 39.2 Å². The fraction of sp³-hybridized carbons (Fsp3) is 0.562. The van der Waals surface area contributed by atoms with Gasteiger partial charge in [-0.15, -0.1) is 0 Å². The second kappa shape index (κ2) is 4.76. The van der Waals surface area contributed by atoms with E-state index in [4.69, 9.17) is 4.74 Å². The highest BCUT2D eigenvalue weighted by molar-refractivity contribution is 5.84. The van der Waals surface area contributed by atoms with Crippen LogP contribution in [-0.2, 0) is 15.9 Å². The highest BCUT2D eigenvalue weighted by Gasteiger charge is 2.49. The van der Waals surface area contributed by atoms with Crippen molar-refractivity contribution in [2.45, 2.75) is 51.1 Å². The highest BCUT2D eigenvalue weighted by Crippen LogP contribution is 2.51. The van der Waals surface area contributed by atoms with Crippen LogP contribution in [0, 0.1) is 6.92 Å². The average Bonchev–Trinajstić information content (AvgIpc) is 2.27. The zero-order valence-corrected chi connectivity index (χ0v) is 12.4. The second-order valence-corrected chi connectivity index (χ2v) is 6.05. The summed E-state index contributed by atoms with van der Waals surface area (Å²) in [5, 5.41) is 9.63. The van der Waals surface area contributed by atoms with Gasteiger partial charge in [-0.2, -0.15) is 0 Å². The third kappa shape index (κ3) is 2.07. The molecule has 2 rings (SSSR count). The van der Waals surface area contributed by atoms with Crippen LogP contribution in [0.2, 0.25) is 0 Å². The summed E-state index contributed by atoms with van der Waals surface area (Å²) in [5.41, 5.74) is -0.597. The van der Waals surface area contributed by atoms with Crippen molar-refractivity contribution in [1.82, 2.24) is 0 Å². The van der Waals surface area contributed by atoms with E-state index in [-0.39, 0.29) is 0 Å². The van der Waals surface area contributed by atoms with Gasteiger partial charge in [0.15, 0.2) is 0 Å². The van der Waals surface area contributed by atoms with Crippen LogP contribution in [0.1, 0.15) is 49.8 Å². The molecule has 0 aromatic heterocycles. The fourth-order valence-corrected chi connectivity index (χ4v) is 3.06. The van der Waals surface area contributed by atoms with E-state index in [9.17, 15) is 14.3 Å². The van der Waals surface area contributed by atoms with Crippen molar-refractivity contribution in [1.29, 1.82) is 0 Å². The lowest BCUT2D eigenvalue weighted by Crippen LogP contribution is -2.43.